The third-order valence-corrected chi connectivity index (χ3v) is 5.11. The van der Waals surface area contributed by atoms with Crippen molar-refractivity contribution in [3.05, 3.63) is 94.5 Å². The standard InChI is InChI=1S/C24H16Cl2N2O3/c25-16-10-11-19(26)22(12-16)28-23(29)14-31-24(30)18-13-21(15-6-2-1-3-7-15)27-20-9-5-4-8-17(18)20/h1-13H,14H2,(H,28,29). The summed E-state index contributed by atoms with van der Waals surface area (Å²) >= 11 is 12.0. The number of carbonyl (C=O) groups excluding carboxylic acids is 2. The molecule has 0 saturated carbocycles. The van der Waals surface area contributed by atoms with Crippen molar-refractivity contribution in [3.63, 3.8) is 0 Å². The van der Waals surface area contributed by atoms with Crippen LogP contribution in [-0.4, -0.2) is 23.5 Å². The highest BCUT2D eigenvalue weighted by Crippen LogP contribution is 2.26. The maximum atomic E-state index is 12.8. The number of esters is 1. The molecular weight excluding hydrogens is 435 g/mol. The van der Waals surface area contributed by atoms with Crippen molar-refractivity contribution in [3.8, 4) is 11.3 Å². The van der Waals surface area contributed by atoms with Gasteiger partial charge in [0.1, 0.15) is 0 Å². The molecule has 0 saturated heterocycles. The van der Waals surface area contributed by atoms with Crippen molar-refractivity contribution in [1.82, 2.24) is 4.98 Å². The van der Waals surface area contributed by atoms with Crippen LogP contribution in [0.25, 0.3) is 22.2 Å². The predicted molar refractivity (Wildman–Crippen MR) is 123 cm³/mol. The van der Waals surface area contributed by atoms with E-state index in [1.807, 2.05) is 48.5 Å². The number of pyridine rings is 1. The quantitative estimate of drug-likeness (QED) is 0.378. The number of ether oxygens (including phenoxy) is 1. The normalized spacial score (nSPS) is 10.6. The number of amides is 1. The number of aromatic nitrogens is 1. The SMILES string of the molecule is O=C(COC(=O)c1cc(-c2ccccc2)nc2ccccc12)Nc1cc(Cl)ccc1Cl. The average Bonchev–Trinajstić information content (AvgIpc) is 2.79. The van der Waals surface area contributed by atoms with Crippen molar-refractivity contribution in [1.29, 1.82) is 0 Å². The van der Waals surface area contributed by atoms with Crippen molar-refractivity contribution in [2.75, 3.05) is 11.9 Å². The van der Waals surface area contributed by atoms with Gasteiger partial charge in [0, 0.05) is 16.0 Å². The fraction of sp³-hybridized carbons (Fsp3) is 0.0417. The Morgan fingerprint density at radius 2 is 1.65 bits per heavy atom. The number of hydrogen-bond acceptors (Lipinski definition) is 4. The molecule has 0 aliphatic heterocycles. The Morgan fingerprint density at radius 3 is 2.45 bits per heavy atom. The Morgan fingerprint density at radius 1 is 0.903 bits per heavy atom. The summed E-state index contributed by atoms with van der Waals surface area (Å²) in [6.07, 6.45) is 0. The Balaban J connectivity index is 1.56. The first-order valence-corrected chi connectivity index (χ1v) is 10.1. The van der Waals surface area contributed by atoms with Crippen LogP contribution >= 0.6 is 23.2 Å². The number of nitrogens with one attached hydrogen (secondary N) is 1. The zero-order chi connectivity index (χ0) is 21.8. The Kier molecular flexibility index (Phi) is 6.16. The molecule has 1 aromatic heterocycles. The van der Waals surface area contributed by atoms with Gasteiger partial charge < -0.3 is 10.1 Å². The summed E-state index contributed by atoms with van der Waals surface area (Å²) in [5, 5.41) is 3.99. The average molecular weight is 451 g/mol. The Labute approximate surface area is 188 Å². The minimum Gasteiger partial charge on any atom is -0.452 e. The zero-order valence-corrected chi connectivity index (χ0v) is 17.7. The molecule has 3 aromatic carbocycles. The minimum absolute atomic E-state index is 0.330. The van der Waals surface area contributed by atoms with Gasteiger partial charge in [0.05, 0.1) is 27.5 Å². The largest absolute Gasteiger partial charge is 0.452 e. The van der Waals surface area contributed by atoms with Crippen molar-refractivity contribution in [2.24, 2.45) is 0 Å². The van der Waals surface area contributed by atoms with Gasteiger partial charge in [0.25, 0.3) is 5.91 Å². The van der Waals surface area contributed by atoms with Crippen LogP contribution in [0, 0.1) is 0 Å². The highest BCUT2D eigenvalue weighted by Gasteiger charge is 2.17. The van der Waals surface area contributed by atoms with Crippen LogP contribution in [0.5, 0.6) is 0 Å². The van der Waals surface area contributed by atoms with Gasteiger partial charge in [-0.3, -0.25) is 4.79 Å². The molecule has 0 atom stereocenters. The van der Waals surface area contributed by atoms with Crippen LogP contribution < -0.4 is 5.32 Å². The summed E-state index contributed by atoms with van der Waals surface area (Å²) in [6.45, 7) is -0.473. The van der Waals surface area contributed by atoms with Crippen LogP contribution in [0.3, 0.4) is 0 Å². The highest BCUT2D eigenvalue weighted by atomic mass is 35.5. The van der Waals surface area contributed by atoms with E-state index in [4.69, 9.17) is 27.9 Å². The lowest BCUT2D eigenvalue weighted by atomic mass is 10.0. The maximum Gasteiger partial charge on any atom is 0.339 e. The van der Waals surface area contributed by atoms with Crippen LogP contribution in [0.1, 0.15) is 10.4 Å². The molecule has 7 heteroatoms. The molecule has 31 heavy (non-hydrogen) atoms. The smallest absolute Gasteiger partial charge is 0.339 e. The first kappa shape index (κ1) is 20.8. The number of fused-ring (bicyclic) bond motifs is 1. The number of nitrogens with zero attached hydrogens (tertiary/aromatic N) is 1. The van der Waals surface area contributed by atoms with E-state index in [2.05, 4.69) is 10.3 Å². The van der Waals surface area contributed by atoms with E-state index < -0.39 is 18.5 Å². The van der Waals surface area contributed by atoms with Gasteiger partial charge in [0.2, 0.25) is 0 Å². The van der Waals surface area contributed by atoms with Gasteiger partial charge in [-0.1, -0.05) is 71.7 Å². The lowest BCUT2D eigenvalue weighted by molar-refractivity contribution is -0.119. The van der Waals surface area contributed by atoms with Crippen molar-refractivity contribution in [2.45, 2.75) is 0 Å². The van der Waals surface area contributed by atoms with Gasteiger partial charge in [-0.2, -0.15) is 0 Å². The molecule has 1 N–H and O–H groups in total. The third kappa shape index (κ3) is 4.85. The summed E-state index contributed by atoms with van der Waals surface area (Å²) in [6, 6.07) is 23.2. The van der Waals surface area contributed by atoms with E-state index in [9.17, 15) is 9.59 Å². The molecular formula is C24H16Cl2N2O3. The molecule has 0 radical (unpaired) electrons. The second-order valence-corrected chi connectivity index (χ2v) is 7.53. The molecule has 0 fully saturated rings. The molecule has 0 aliphatic carbocycles. The first-order chi connectivity index (χ1) is 15.0. The fourth-order valence-corrected chi connectivity index (χ4v) is 3.43. The second kappa shape index (κ2) is 9.16. The first-order valence-electron chi connectivity index (χ1n) is 9.38. The van der Waals surface area contributed by atoms with E-state index >= 15 is 0 Å². The van der Waals surface area contributed by atoms with Gasteiger partial charge in [-0.15, -0.1) is 0 Å². The monoisotopic (exact) mass is 450 g/mol. The van der Waals surface area contributed by atoms with Crippen LogP contribution in [0.15, 0.2) is 78.9 Å². The lowest BCUT2D eigenvalue weighted by Crippen LogP contribution is -2.21. The number of hydrogen-bond donors (Lipinski definition) is 1. The van der Waals surface area contributed by atoms with Crippen LogP contribution in [0.2, 0.25) is 10.0 Å². The highest BCUT2D eigenvalue weighted by molar-refractivity contribution is 6.35. The molecule has 5 nitrogen and oxygen atoms in total. The van der Waals surface area contributed by atoms with Crippen LogP contribution in [-0.2, 0) is 9.53 Å². The minimum atomic E-state index is -0.622. The summed E-state index contributed by atoms with van der Waals surface area (Å²) < 4.78 is 5.28. The number of para-hydroxylation sites is 1. The summed E-state index contributed by atoms with van der Waals surface area (Å²) in [5.74, 6) is -1.15. The van der Waals surface area contributed by atoms with E-state index in [1.54, 1.807) is 24.3 Å². The molecule has 1 amide bonds. The third-order valence-electron chi connectivity index (χ3n) is 4.54. The number of benzene rings is 3. The molecule has 1 heterocycles. The van der Waals surface area contributed by atoms with Gasteiger partial charge >= 0.3 is 5.97 Å². The number of halogens is 2. The lowest BCUT2D eigenvalue weighted by Gasteiger charge is -2.11. The molecule has 0 spiro atoms. The summed E-state index contributed by atoms with van der Waals surface area (Å²) in [4.78, 5) is 29.7. The zero-order valence-electron chi connectivity index (χ0n) is 16.1. The molecule has 0 unspecified atom stereocenters. The summed E-state index contributed by atoms with van der Waals surface area (Å²) in [5.41, 5.74) is 2.84. The maximum absolute atomic E-state index is 12.8. The van der Waals surface area contributed by atoms with E-state index in [0.29, 0.717) is 37.9 Å². The predicted octanol–water partition coefficient (Wildman–Crippen LogP) is 6.00. The number of anilines is 1. The van der Waals surface area contributed by atoms with E-state index in [0.717, 1.165) is 5.56 Å². The fourth-order valence-electron chi connectivity index (χ4n) is 3.09. The second-order valence-electron chi connectivity index (χ2n) is 6.69. The topological polar surface area (TPSA) is 68.3 Å². The van der Waals surface area contributed by atoms with Gasteiger partial charge in [-0.05, 0) is 30.3 Å². The number of rotatable bonds is 5. The molecule has 154 valence electrons. The summed E-state index contributed by atoms with van der Waals surface area (Å²) in [7, 11) is 0. The molecule has 0 aliphatic rings. The molecule has 4 aromatic rings. The molecule has 0 bridgehead atoms. The van der Waals surface area contributed by atoms with E-state index in [-0.39, 0.29) is 0 Å². The van der Waals surface area contributed by atoms with Crippen LogP contribution in [0.4, 0.5) is 5.69 Å². The van der Waals surface area contributed by atoms with E-state index in [1.165, 1.54) is 6.07 Å². The Hall–Kier alpha value is -3.41. The Bertz CT molecular complexity index is 1280. The van der Waals surface area contributed by atoms with Crippen molar-refractivity contribution >= 4 is 51.7 Å². The molecule has 4 rings (SSSR count). The van der Waals surface area contributed by atoms with Gasteiger partial charge in [0.15, 0.2) is 6.61 Å². The number of carbonyl (C=O) groups is 2. The van der Waals surface area contributed by atoms with Gasteiger partial charge in [-0.25, -0.2) is 9.78 Å². The van der Waals surface area contributed by atoms with Crippen molar-refractivity contribution < 1.29 is 14.3 Å².